The van der Waals surface area contributed by atoms with Crippen LogP contribution in [0.5, 0.6) is 0 Å². The van der Waals surface area contributed by atoms with Gasteiger partial charge in [-0.1, -0.05) is 12.1 Å². The Morgan fingerprint density at radius 3 is 2.44 bits per heavy atom. The summed E-state index contributed by atoms with van der Waals surface area (Å²) in [5.41, 5.74) is 0. The number of nitrogens with zero attached hydrogens (tertiary/aromatic N) is 1. The summed E-state index contributed by atoms with van der Waals surface area (Å²) in [5.74, 6) is 0. The van der Waals surface area contributed by atoms with E-state index in [0.29, 0.717) is 0 Å². The maximum atomic E-state index is 3.58. The van der Waals surface area contributed by atoms with Crippen LogP contribution in [0.15, 0.2) is 43.2 Å². The highest BCUT2D eigenvalue weighted by atomic mass is 14.9. The Kier molecular flexibility index (Phi) is 1.91. The predicted octanol–water partition coefficient (Wildman–Crippen LogP) is 1.17. The van der Waals surface area contributed by atoms with E-state index in [9.17, 15) is 0 Å². The van der Waals surface area contributed by atoms with Crippen molar-refractivity contribution < 1.29 is 4.57 Å². The monoisotopic (exact) mass is 119 g/mol. The lowest BCUT2D eigenvalue weighted by Gasteiger charge is -1.93. The van der Waals surface area contributed by atoms with Crippen LogP contribution in [0.2, 0.25) is 0 Å². The van der Waals surface area contributed by atoms with Crippen LogP contribution in [0, 0.1) is 6.54 Å². The summed E-state index contributed by atoms with van der Waals surface area (Å²) in [4.78, 5) is 0. The first-order valence-electron chi connectivity index (χ1n) is 2.85. The van der Waals surface area contributed by atoms with Crippen LogP contribution in [0.4, 0.5) is 0 Å². The Morgan fingerprint density at radius 2 is 1.89 bits per heavy atom. The molecule has 0 N–H and O–H groups in total. The lowest BCUT2D eigenvalue weighted by atomic mass is 10.5. The zero-order valence-electron chi connectivity index (χ0n) is 5.20. The van der Waals surface area contributed by atoms with E-state index in [-0.39, 0.29) is 0 Å². The fourth-order valence-corrected chi connectivity index (χ4v) is 0.633. The van der Waals surface area contributed by atoms with Gasteiger partial charge in [-0.2, -0.15) is 6.58 Å². The molecule has 0 atom stereocenters. The lowest BCUT2D eigenvalue weighted by molar-refractivity contribution is -0.627. The smallest absolute Gasteiger partial charge is 0.0961 e. The summed E-state index contributed by atoms with van der Waals surface area (Å²) in [5, 5.41) is 0. The van der Waals surface area contributed by atoms with Crippen molar-refractivity contribution in [3.8, 4) is 0 Å². The molecule has 1 heteroatoms. The van der Waals surface area contributed by atoms with E-state index in [1.807, 2.05) is 41.7 Å². The highest BCUT2D eigenvalue weighted by Crippen LogP contribution is 1.77. The molecule has 1 heterocycles. The molecule has 0 saturated heterocycles. The number of rotatable bonds is 2. The van der Waals surface area contributed by atoms with Gasteiger partial charge in [-0.15, -0.1) is 0 Å². The second-order valence-corrected chi connectivity index (χ2v) is 1.71. The third-order valence-corrected chi connectivity index (χ3v) is 1.02. The van der Waals surface area contributed by atoms with Crippen molar-refractivity contribution in [3.63, 3.8) is 0 Å². The first kappa shape index (κ1) is 5.89. The van der Waals surface area contributed by atoms with Crippen molar-refractivity contribution in [3.05, 3.63) is 49.8 Å². The summed E-state index contributed by atoms with van der Waals surface area (Å²) in [7, 11) is 0. The van der Waals surface area contributed by atoms with E-state index in [4.69, 9.17) is 0 Å². The minimum absolute atomic E-state index is 1.75. The number of pyridine rings is 1. The molecule has 0 amide bonds. The maximum absolute atomic E-state index is 3.58. The first-order chi connectivity index (χ1) is 4.43. The molecule has 0 aliphatic rings. The topological polar surface area (TPSA) is 3.88 Å². The second-order valence-electron chi connectivity index (χ2n) is 1.71. The van der Waals surface area contributed by atoms with Gasteiger partial charge in [0.05, 0.1) is 18.9 Å². The number of hydrogen-bond donors (Lipinski definition) is 0. The van der Waals surface area contributed by atoms with Gasteiger partial charge in [0, 0.05) is 0 Å². The molecule has 0 aromatic carbocycles. The second kappa shape index (κ2) is 2.92. The molecule has 1 rings (SSSR count). The standard InChI is InChI=1S/C8H9N/c1-2-6-9-7-4-3-5-8-9/h2-8H,1H2. The molecule has 0 bridgehead atoms. The third-order valence-electron chi connectivity index (χ3n) is 1.02. The minimum Gasteiger partial charge on any atom is -0.294 e. The fraction of sp³-hybridized carbons (Fsp3) is 0. The van der Waals surface area contributed by atoms with E-state index in [1.54, 1.807) is 6.08 Å². The van der Waals surface area contributed by atoms with Crippen LogP contribution in [-0.2, 0) is 0 Å². The Morgan fingerprint density at radius 1 is 1.22 bits per heavy atom. The number of hydrogen-bond acceptors (Lipinski definition) is 0. The molecule has 1 aromatic heterocycles. The van der Waals surface area contributed by atoms with E-state index in [2.05, 4.69) is 6.58 Å². The highest BCUT2D eigenvalue weighted by molar-refractivity contribution is 4.86. The van der Waals surface area contributed by atoms with Crippen LogP contribution in [0.25, 0.3) is 0 Å². The van der Waals surface area contributed by atoms with Crippen molar-refractivity contribution >= 4 is 0 Å². The van der Waals surface area contributed by atoms with Crippen molar-refractivity contribution in [2.24, 2.45) is 0 Å². The Hall–Kier alpha value is -1.24. The van der Waals surface area contributed by atoms with Crippen molar-refractivity contribution in [1.29, 1.82) is 0 Å². The van der Waals surface area contributed by atoms with Gasteiger partial charge in [0.1, 0.15) is 0 Å². The molecular formula is C8H9N. The summed E-state index contributed by atoms with van der Waals surface area (Å²) >= 11 is 0. The SMILES string of the molecule is C=C[CH-][n+]1ccccc1. The van der Waals surface area contributed by atoms with Gasteiger partial charge < -0.3 is 0 Å². The molecule has 1 aromatic rings. The zero-order chi connectivity index (χ0) is 6.53. The summed E-state index contributed by atoms with van der Waals surface area (Å²) in [6.07, 6.45) is 5.67. The van der Waals surface area contributed by atoms with E-state index in [1.165, 1.54) is 0 Å². The Balaban J connectivity index is 2.72. The fourth-order valence-electron chi connectivity index (χ4n) is 0.633. The van der Waals surface area contributed by atoms with Crippen molar-refractivity contribution in [1.82, 2.24) is 0 Å². The maximum Gasteiger partial charge on any atom is 0.0961 e. The molecule has 1 nitrogen and oxygen atoms in total. The van der Waals surface area contributed by atoms with Crippen LogP contribution in [0.1, 0.15) is 0 Å². The van der Waals surface area contributed by atoms with Crippen LogP contribution in [0.3, 0.4) is 0 Å². The minimum atomic E-state index is 1.75. The molecule has 46 valence electrons. The largest absolute Gasteiger partial charge is 0.294 e. The molecule has 9 heavy (non-hydrogen) atoms. The lowest BCUT2D eigenvalue weighted by Crippen LogP contribution is -2.28. The summed E-state index contributed by atoms with van der Waals surface area (Å²) in [6, 6.07) is 5.92. The van der Waals surface area contributed by atoms with Gasteiger partial charge in [0.15, 0.2) is 0 Å². The van der Waals surface area contributed by atoms with Gasteiger partial charge in [0.2, 0.25) is 0 Å². The predicted molar refractivity (Wildman–Crippen MR) is 36.5 cm³/mol. The van der Waals surface area contributed by atoms with Crippen molar-refractivity contribution in [2.45, 2.75) is 0 Å². The van der Waals surface area contributed by atoms with Crippen LogP contribution < -0.4 is 4.57 Å². The van der Waals surface area contributed by atoms with Gasteiger partial charge in [0.25, 0.3) is 0 Å². The van der Waals surface area contributed by atoms with E-state index < -0.39 is 0 Å². The van der Waals surface area contributed by atoms with Crippen LogP contribution >= 0.6 is 0 Å². The molecule has 0 aliphatic carbocycles. The highest BCUT2D eigenvalue weighted by Gasteiger charge is 1.81. The average Bonchev–Trinajstić information content (AvgIpc) is 1.91. The van der Waals surface area contributed by atoms with Gasteiger partial charge in [-0.25, -0.2) is 0 Å². The van der Waals surface area contributed by atoms with E-state index in [0.717, 1.165) is 0 Å². The van der Waals surface area contributed by atoms with Crippen LogP contribution in [-0.4, -0.2) is 0 Å². The normalized spacial score (nSPS) is 8.44. The number of aromatic nitrogens is 1. The first-order valence-corrected chi connectivity index (χ1v) is 2.85. The molecule has 0 radical (unpaired) electrons. The quantitative estimate of drug-likeness (QED) is 0.406. The Labute approximate surface area is 55.3 Å². The van der Waals surface area contributed by atoms with Gasteiger partial charge in [-0.05, 0) is 12.1 Å². The summed E-state index contributed by atoms with van der Waals surface area (Å²) < 4.78 is 1.94. The molecular weight excluding hydrogens is 110 g/mol. The van der Waals surface area contributed by atoms with E-state index >= 15 is 0 Å². The molecule has 0 spiro atoms. The number of allylic oxidation sites excluding steroid dienone is 1. The zero-order valence-corrected chi connectivity index (χ0v) is 5.20. The average molecular weight is 119 g/mol. The van der Waals surface area contributed by atoms with Crippen molar-refractivity contribution in [2.75, 3.05) is 0 Å². The Bertz CT molecular complexity index is 179. The molecule has 0 saturated carbocycles. The third kappa shape index (κ3) is 1.61. The molecule has 0 aliphatic heterocycles. The summed E-state index contributed by atoms with van der Waals surface area (Å²) in [6.45, 7) is 5.47. The molecule has 0 fully saturated rings. The molecule has 0 unspecified atom stereocenters. The van der Waals surface area contributed by atoms with Gasteiger partial charge >= 0.3 is 0 Å². The van der Waals surface area contributed by atoms with Gasteiger partial charge in [-0.3, -0.25) is 4.57 Å².